The van der Waals surface area contributed by atoms with Crippen molar-refractivity contribution in [3.63, 3.8) is 0 Å². The van der Waals surface area contributed by atoms with Crippen molar-refractivity contribution in [3.05, 3.63) is 47.5 Å². The Bertz CT molecular complexity index is 757. The number of aromatic nitrogens is 2. The van der Waals surface area contributed by atoms with E-state index in [1.807, 2.05) is 6.07 Å². The summed E-state index contributed by atoms with van der Waals surface area (Å²) in [5.41, 5.74) is 0.692. The van der Waals surface area contributed by atoms with Crippen LogP contribution in [0.15, 0.2) is 36.7 Å². The Hall–Kier alpha value is -2.18. The van der Waals surface area contributed by atoms with E-state index in [1.165, 1.54) is 0 Å². The fourth-order valence-corrected chi connectivity index (χ4v) is 3.70. The Kier molecular flexibility index (Phi) is 7.01. The molecule has 1 N–H and O–H groups in total. The van der Waals surface area contributed by atoms with Gasteiger partial charge in [-0.05, 0) is 56.0 Å². The van der Waals surface area contributed by atoms with Crippen LogP contribution in [0.3, 0.4) is 0 Å². The highest BCUT2D eigenvalue weighted by atomic mass is 35.5. The number of ether oxygens (including phenoxy) is 1. The van der Waals surface area contributed by atoms with Crippen LogP contribution in [0.5, 0.6) is 5.75 Å². The van der Waals surface area contributed by atoms with Gasteiger partial charge in [-0.25, -0.2) is 9.97 Å². The number of nitrogens with one attached hydrogen (secondary N) is 1. The van der Waals surface area contributed by atoms with E-state index >= 15 is 0 Å². The zero-order chi connectivity index (χ0) is 19.1. The summed E-state index contributed by atoms with van der Waals surface area (Å²) in [5, 5.41) is 3.40. The van der Waals surface area contributed by atoms with Crippen molar-refractivity contribution in [1.82, 2.24) is 14.9 Å². The third kappa shape index (κ3) is 5.91. The number of piperidine rings is 1. The van der Waals surface area contributed by atoms with Crippen LogP contribution in [0.2, 0.25) is 5.02 Å². The molecule has 27 heavy (non-hydrogen) atoms. The van der Waals surface area contributed by atoms with E-state index in [0.29, 0.717) is 28.8 Å². The fourth-order valence-electron chi connectivity index (χ4n) is 3.44. The van der Waals surface area contributed by atoms with Crippen molar-refractivity contribution in [2.75, 3.05) is 25.5 Å². The first-order valence-electron chi connectivity index (χ1n) is 9.25. The summed E-state index contributed by atoms with van der Waals surface area (Å²) in [6.45, 7) is 2.82. The first kappa shape index (κ1) is 19.6. The molecular formula is C20H25ClN4O2. The molecule has 1 aromatic heterocycles. The number of nitrogens with zero attached hydrogens (tertiary/aromatic N) is 3. The van der Waals surface area contributed by atoms with Crippen LogP contribution in [0.1, 0.15) is 31.5 Å². The molecule has 7 heteroatoms. The molecule has 2 aromatic rings. The van der Waals surface area contributed by atoms with Gasteiger partial charge >= 0.3 is 0 Å². The predicted octanol–water partition coefficient (Wildman–Crippen LogP) is 3.77. The third-order valence-electron chi connectivity index (χ3n) is 4.80. The molecule has 144 valence electrons. The molecular weight excluding hydrogens is 364 g/mol. The lowest BCUT2D eigenvalue weighted by Crippen LogP contribution is -2.35. The molecule has 1 aromatic carbocycles. The minimum absolute atomic E-state index is 0.0137. The number of benzene rings is 1. The summed E-state index contributed by atoms with van der Waals surface area (Å²) in [6.07, 6.45) is 7.24. The van der Waals surface area contributed by atoms with Gasteiger partial charge in [-0.15, -0.1) is 0 Å². The molecule has 0 aliphatic carbocycles. The second-order valence-corrected chi connectivity index (χ2v) is 7.25. The standard InChI is InChI=1S/C20H25ClN4O2/c1-27-18-7-6-16(12-17(18)21)24-20(26)8-5-15-4-2-11-25(13-15)14-19-22-9-3-10-23-19/h3,6-7,9-10,12,15H,2,4-5,8,11,13-14H2,1H3,(H,24,26). The van der Waals surface area contributed by atoms with E-state index < -0.39 is 0 Å². The highest BCUT2D eigenvalue weighted by molar-refractivity contribution is 6.32. The number of likely N-dealkylation sites (tertiary alicyclic amines) is 1. The van der Waals surface area contributed by atoms with E-state index in [2.05, 4.69) is 20.2 Å². The lowest BCUT2D eigenvalue weighted by Gasteiger charge is -2.32. The number of methoxy groups -OCH3 is 1. The van der Waals surface area contributed by atoms with Gasteiger partial charge in [0.25, 0.3) is 0 Å². The molecule has 0 saturated carbocycles. The molecule has 0 radical (unpaired) electrons. The summed E-state index contributed by atoms with van der Waals surface area (Å²) in [6, 6.07) is 7.09. The van der Waals surface area contributed by atoms with Crippen molar-refractivity contribution in [2.24, 2.45) is 5.92 Å². The molecule has 2 heterocycles. The molecule has 1 amide bonds. The third-order valence-corrected chi connectivity index (χ3v) is 5.10. The van der Waals surface area contributed by atoms with Crippen molar-refractivity contribution in [2.45, 2.75) is 32.2 Å². The average molecular weight is 389 g/mol. The van der Waals surface area contributed by atoms with Gasteiger partial charge < -0.3 is 10.1 Å². The van der Waals surface area contributed by atoms with Crippen molar-refractivity contribution >= 4 is 23.2 Å². The first-order chi connectivity index (χ1) is 13.1. The largest absolute Gasteiger partial charge is 0.495 e. The monoisotopic (exact) mass is 388 g/mol. The number of anilines is 1. The lowest BCUT2D eigenvalue weighted by atomic mass is 9.93. The van der Waals surface area contributed by atoms with E-state index in [-0.39, 0.29) is 5.91 Å². The Balaban J connectivity index is 1.45. The number of hydrogen-bond donors (Lipinski definition) is 1. The maximum Gasteiger partial charge on any atom is 0.224 e. The molecule has 1 unspecified atom stereocenters. The van der Waals surface area contributed by atoms with Crippen LogP contribution >= 0.6 is 11.6 Å². The Morgan fingerprint density at radius 3 is 2.93 bits per heavy atom. The molecule has 1 aliphatic rings. The Morgan fingerprint density at radius 1 is 1.37 bits per heavy atom. The lowest BCUT2D eigenvalue weighted by molar-refractivity contribution is -0.116. The number of amides is 1. The van der Waals surface area contributed by atoms with Gasteiger partial charge in [0.15, 0.2) is 0 Å². The number of hydrogen-bond acceptors (Lipinski definition) is 5. The summed E-state index contributed by atoms with van der Waals surface area (Å²) in [4.78, 5) is 23.3. The van der Waals surface area contributed by atoms with Gasteiger partial charge in [0.1, 0.15) is 11.6 Å². The smallest absolute Gasteiger partial charge is 0.224 e. The van der Waals surface area contributed by atoms with Gasteiger partial charge in [0, 0.05) is 31.0 Å². The molecule has 0 spiro atoms. The van der Waals surface area contributed by atoms with Gasteiger partial charge in [-0.1, -0.05) is 11.6 Å². The van der Waals surface area contributed by atoms with Gasteiger partial charge in [-0.3, -0.25) is 9.69 Å². The molecule has 1 aliphatic heterocycles. The molecule has 6 nitrogen and oxygen atoms in total. The minimum atomic E-state index is 0.0137. The fraction of sp³-hybridized carbons (Fsp3) is 0.450. The van der Waals surface area contributed by atoms with Crippen LogP contribution in [0.4, 0.5) is 5.69 Å². The molecule has 0 bridgehead atoms. The van der Waals surface area contributed by atoms with Crippen LogP contribution in [0.25, 0.3) is 0 Å². The summed E-state index contributed by atoms with van der Waals surface area (Å²) < 4.78 is 5.13. The number of halogens is 1. The molecule has 3 rings (SSSR count). The highest BCUT2D eigenvalue weighted by Gasteiger charge is 2.21. The zero-order valence-electron chi connectivity index (χ0n) is 15.5. The van der Waals surface area contributed by atoms with Gasteiger partial charge in [0.05, 0.1) is 18.7 Å². The molecule has 1 saturated heterocycles. The maximum absolute atomic E-state index is 12.3. The van der Waals surface area contributed by atoms with E-state index in [1.54, 1.807) is 37.7 Å². The predicted molar refractivity (Wildman–Crippen MR) is 106 cm³/mol. The highest BCUT2D eigenvalue weighted by Crippen LogP contribution is 2.27. The van der Waals surface area contributed by atoms with Crippen LogP contribution in [-0.4, -0.2) is 41.0 Å². The summed E-state index contributed by atoms with van der Waals surface area (Å²) in [7, 11) is 1.57. The molecule has 1 fully saturated rings. The normalized spacial score (nSPS) is 17.5. The number of rotatable bonds is 7. The molecule has 1 atom stereocenters. The van der Waals surface area contributed by atoms with Crippen LogP contribution in [0, 0.1) is 5.92 Å². The van der Waals surface area contributed by atoms with Crippen molar-refractivity contribution < 1.29 is 9.53 Å². The zero-order valence-corrected chi connectivity index (χ0v) is 16.3. The second kappa shape index (κ2) is 9.67. The van der Waals surface area contributed by atoms with Crippen molar-refractivity contribution in [1.29, 1.82) is 0 Å². The minimum Gasteiger partial charge on any atom is -0.495 e. The number of carbonyl (C=O) groups is 1. The summed E-state index contributed by atoms with van der Waals surface area (Å²) >= 11 is 6.10. The Morgan fingerprint density at radius 2 is 2.19 bits per heavy atom. The van der Waals surface area contributed by atoms with Gasteiger partial charge in [-0.2, -0.15) is 0 Å². The van der Waals surface area contributed by atoms with E-state index in [0.717, 1.165) is 44.7 Å². The second-order valence-electron chi connectivity index (χ2n) is 6.84. The quantitative estimate of drug-likeness (QED) is 0.782. The average Bonchev–Trinajstić information content (AvgIpc) is 2.68. The van der Waals surface area contributed by atoms with E-state index in [9.17, 15) is 4.79 Å². The SMILES string of the molecule is COc1ccc(NC(=O)CCC2CCCN(Cc3ncccn3)C2)cc1Cl. The van der Waals surface area contributed by atoms with Crippen molar-refractivity contribution in [3.8, 4) is 5.75 Å². The Labute approximate surface area is 164 Å². The van der Waals surface area contributed by atoms with Crippen LogP contribution < -0.4 is 10.1 Å². The topological polar surface area (TPSA) is 67.3 Å². The summed E-state index contributed by atoms with van der Waals surface area (Å²) in [5.74, 6) is 1.99. The first-order valence-corrected chi connectivity index (χ1v) is 9.63. The van der Waals surface area contributed by atoms with Crippen LogP contribution in [-0.2, 0) is 11.3 Å². The number of carbonyl (C=O) groups excluding carboxylic acids is 1. The van der Waals surface area contributed by atoms with Gasteiger partial charge in [0.2, 0.25) is 5.91 Å². The van der Waals surface area contributed by atoms with E-state index in [4.69, 9.17) is 16.3 Å². The maximum atomic E-state index is 12.3.